The van der Waals surface area contributed by atoms with Gasteiger partial charge in [-0.3, -0.25) is 5.43 Å². The summed E-state index contributed by atoms with van der Waals surface area (Å²) in [6.45, 7) is 0. The Morgan fingerprint density at radius 3 is 2.52 bits per heavy atom. The Kier molecular flexibility index (Phi) is 4.61. The molecule has 0 amide bonds. The molecule has 9 heteroatoms. The van der Waals surface area contributed by atoms with E-state index in [-0.39, 0.29) is 5.95 Å². The molecule has 0 aliphatic rings. The second-order valence-corrected chi connectivity index (χ2v) is 4.70. The molecule has 112 valence electrons. The van der Waals surface area contributed by atoms with Gasteiger partial charge in [0.25, 0.3) is 0 Å². The van der Waals surface area contributed by atoms with Crippen LogP contribution in [0.4, 0.5) is 23.5 Å². The van der Waals surface area contributed by atoms with Crippen LogP contribution in [0.1, 0.15) is 0 Å². The molecule has 0 saturated carbocycles. The highest BCUT2D eigenvalue weighted by molar-refractivity contribution is 6.33. The van der Waals surface area contributed by atoms with Crippen LogP contribution in [0.3, 0.4) is 0 Å². The van der Waals surface area contributed by atoms with Crippen LogP contribution in [-0.4, -0.2) is 36.2 Å². The summed E-state index contributed by atoms with van der Waals surface area (Å²) in [5, 5.41) is 3.54. The molecule has 4 N–H and O–H groups in total. The number of nitrogen functional groups attached to an aromatic ring is 1. The molecule has 21 heavy (non-hydrogen) atoms. The van der Waals surface area contributed by atoms with E-state index in [2.05, 4.69) is 25.7 Å². The molecule has 2 rings (SSSR count). The molecule has 2 aromatic rings. The van der Waals surface area contributed by atoms with E-state index in [9.17, 15) is 0 Å². The van der Waals surface area contributed by atoms with Gasteiger partial charge in [0, 0.05) is 20.2 Å². The third-order valence-electron chi connectivity index (χ3n) is 2.57. The Hall–Kier alpha value is -2.32. The largest absolute Gasteiger partial charge is 0.497 e. The maximum atomic E-state index is 6.14. The Bertz CT molecular complexity index is 635. The van der Waals surface area contributed by atoms with Gasteiger partial charge in [-0.2, -0.15) is 15.0 Å². The lowest BCUT2D eigenvalue weighted by molar-refractivity contribution is 0.415. The van der Waals surface area contributed by atoms with Gasteiger partial charge in [0.05, 0.1) is 17.8 Å². The van der Waals surface area contributed by atoms with Crippen LogP contribution in [0, 0.1) is 0 Å². The summed E-state index contributed by atoms with van der Waals surface area (Å²) in [7, 11) is 5.21. The average molecular weight is 310 g/mol. The zero-order chi connectivity index (χ0) is 15.4. The summed E-state index contributed by atoms with van der Waals surface area (Å²) in [6, 6.07) is 5.23. The first-order valence-corrected chi connectivity index (χ1v) is 6.42. The molecule has 0 saturated heterocycles. The van der Waals surface area contributed by atoms with Crippen molar-refractivity contribution >= 4 is 35.1 Å². The van der Waals surface area contributed by atoms with E-state index >= 15 is 0 Å². The fourth-order valence-electron chi connectivity index (χ4n) is 1.53. The molecule has 8 nitrogen and oxygen atoms in total. The number of nitrogens with one attached hydrogen (secondary N) is 2. The molecule has 0 spiro atoms. The smallest absolute Gasteiger partial charge is 0.243 e. The third-order valence-corrected chi connectivity index (χ3v) is 2.90. The lowest BCUT2D eigenvalue weighted by Gasteiger charge is -2.14. The van der Waals surface area contributed by atoms with Crippen LogP contribution < -0.4 is 26.2 Å². The minimum atomic E-state index is 0.246. The summed E-state index contributed by atoms with van der Waals surface area (Å²) in [4.78, 5) is 14.3. The van der Waals surface area contributed by atoms with Crippen molar-refractivity contribution in [2.45, 2.75) is 0 Å². The summed E-state index contributed by atoms with van der Waals surface area (Å²) in [5.41, 5.74) is 3.02. The number of anilines is 4. The third kappa shape index (κ3) is 3.61. The average Bonchev–Trinajstić information content (AvgIpc) is 2.49. The topological polar surface area (TPSA) is 101 Å². The molecule has 0 unspecified atom stereocenters. The fourth-order valence-corrected chi connectivity index (χ4v) is 1.70. The minimum absolute atomic E-state index is 0.246. The van der Waals surface area contributed by atoms with Crippen molar-refractivity contribution in [3.05, 3.63) is 23.2 Å². The standard InChI is InChI=1S/C12H16ClN7O/c1-20(2)12-17-10(16-11(18-12)19-14)15-9-6-7(21-3)4-5-8(9)13/h4-6H,14H2,1-3H3,(H2,15,16,17,18,19). The highest BCUT2D eigenvalue weighted by Crippen LogP contribution is 2.28. The molecule has 0 fully saturated rings. The van der Waals surface area contributed by atoms with Gasteiger partial charge in [0.1, 0.15) is 5.75 Å². The molecule has 1 aromatic carbocycles. The van der Waals surface area contributed by atoms with Crippen molar-refractivity contribution in [2.24, 2.45) is 5.84 Å². The van der Waals surface area contributed by atoms with Crippen LogP contribution in [0.15, 0.2) is 18.2 Å². The highest BCUT2D eigenvalue weighted by atomic mass is 35.5. The van der Waals surface area contributed by atoms with Crippen molar-refractivity contribution < 1.29 is 4.74 Å². The first-order chi connectivity index (χ1) is 10.0. The first kappa shape index (κ1) is 15.1. The normalized spacial score (nSPS) is 10.1. The number of benzene rings is 1. The fraction of sp³-hybridized carbons (Fsp3) is 0.250. The predicted octanol–water partition coefficient (Wildman–Crippen LogP) is 1.63. The van der Waals surface area contributed by atoms with Gasteiger partial charge in [0.2, 0.25) is 17.8 Å². The summed E-state index contributed by atoms with van der Waals surface area (Å²) in [5.74, 6) is 7.05. The summed E-state index contributed by atoms with van der Waals surface area (Å²) >= 11 is 6.14. The number of rotatable bonds is 5. The number of nitrogens with zero attached hydrogens (tertiary/aromatic N) is 4. The summed E-state index contributed by atoms with van der Waals surface area (Å²) in [6.07, 6.45) is 0. The number of hydrogen-bond donors (Lipinski definition) is 3. The van der Waals surface area contributed by atoms with Crippen molar-refractivity contribution in [1.29, 1.82) is 0 Å². The molecule has 0 aliphatic heterocycles. The van der Waals surface area contributed by atoms with Gasteiger partial charge in [0.15, 0.2) is 0 Å². The van der Waals surface area contributed by atoms with Crippen molar-refractivity contribution in [2.75, 3.05) is 36.8 Å². The molecular formula is C12H16ClN7O. The van der Waals surface area contributed by atoms with Gasteiger partial charge in [-0.15, -0.1) is 0 Å². The molecule has 1 aromatic heterocycles. The Balaban J connectivity index is 2.36. The number of hydrazine groups is 1. The Morgan fingerprint density at radius 2 is 1.90 bits per heavy atom. The number of nitrogens with two attached hydrogens (primary N) is 1. The highest BCUT2D eigenvalue weighted by Gasteiger charge is 2.10. The van der Waals surface area contributed by atoms with Gasteiger partial charge < -0.3 is 15.0 Å². The first-order valence-electron chi connectivity index (χ1n) is 6.04. The minimum Gasteiger partial charge on any atom is -0.497 e. The van der Waals surface area contributed by atoms with E-state index in [1.54, 1.807) is 30.2 Å². The van der Waals surface area contributed by atoms with E-state index < -0.39 is 0 Å². The van der Waals surface area contributed by atoms with Crippen molar-refractivity contribution in [3.63, 3.8) is 0 Å². The number of methoxy groups -OCH3 is 1. The van der Waals surface area contributed by atoms with Gasteiger partial charge >= 0.3 is 0 Å². The molecule has 1 heterocycles. The number of halogens is 1. The maximum absolute atomic E-state index is 6.14. The lowest BCUT2D eigenvalue weighted by Crippen LogP contribution is -2.18. The SMILES string of the molecule is COc1ccc(Cl)c(Nc2nc(NN)nc(N(C)C)n2)c1. The van der Waals surface area contributed by atoms with Gasteiger partial charge in [-0.25, -0.2) is 5.84 Å². The van der Waals surface area contributed by atoms with Crippen molar-refractivity contribution in [1.82, 2.24) is 15.0 Å². The maximum Gasteiger partial charge on any atom is 0.243 e. The molecule has 0 radical (unpaired) electrons. The van der Waals surface area contributed by atoms with Crippen molar-refractivity contribution in [3.8, 4) is 5.75 Å². The molecular weight excluding hydrogens is 294 g/mol. The van der Waals surface area contributed by atoms with Crippen LogP contribution in [-0.2, 0) is 0 Å². The van der Waals surface area contributed by atoms with E-state index in [1.165, 1.54) is 0 Å². The zero-order valence-electron chi connectivity index (χ0n) is 11.9. The van der Waals surface area contributed by atoms with E-state index in [1.807, 2.05) is 14.1 Å². The van der Waals surface area contributed by atoms with Crippen LogP contribution >= 0.6 is 11.6 Å². The van der Waals surface area contributed by atoms with E-state index in [0.29, 0.717) is 28.4 Å². The monoisotopic (exact) mass is 309 g/mol. The summed E-state index contributed by atoms with van der Waals surface area (Å²) < 4.78 is 5.16. The molecule has 0 atom stereocenters. The Labute approximate surface area is 127 Å². The number of hydrogen-bond acceptors (Lipinski definition) is 8. The number of ether oxygens (including phenoxy) is 1. The van der Waals surface area contributed by atoms with Crippen LogP contribution in [0.2, 0.25) is 5.02 Å². The lowest BCUT2D eigenvalue weighted by atomic mass is 10.3. The predicted molar refractivity (Wildman–Crippen MR) is 83.3 cm³/mol. The molecule has 0 aliphatic carbocycles. The van der Waals surface area contributed by atoms with E-state index in [4.69, 9.17) is 22.2 Å². The van der Waals surface area contributed by atoms with E-state index in [0.717, 1.165) is 0 Å². The molecule has 0 bridgehead atoms. The number of aromatic nitrogens is 3. The zero-order valence-corrected chi connectivity index (χ0v) is 12.6. The van der Waals surface area contributed by atoms with Gasteiger partial charge in [-0.1, -0.05) is 11.6 Å². The quantitative estimate of drug-likeness (QED) is 0.566. The Morgan fingerprint density at radius 1 is 1.19 bits per heavy atom. The van der Waals surface area contributed by atoms with Gasteiger partial charge in [-0.05, 0) is 12.1 Å². The second-order valence-electron chi connectivity index (χ2n) is 4.29. The van der Waals surface area contributed by atoms with Crippen LogP contribution in [0.25, 0.3) is 0 Å². The second kappa shape index (κ2) is 6.42. The van der Waals surface area contributed by atoms with Crippen LogP contribution in [0.5, 0.6) is 5.75 Å².